The van der Waals surface area contributed by atoms with Gasteiger partial charge in [-0.3, -0.25) is 24.7 Å². The van der Waals surface area contributed by atoms with E-state index in [-0.39, 0.29) is 36.9 Å². The number of carbonyl (C=O) groups is 3. The fourth-order valence-corrected chi connectivity index (χ4v) is 2.69. The van der Waals surface area contributed by atoms with E-state index in [4.69, 9.17) is 11.6 Å². The van der Waals surface area contributed by atoms with Crippen molar-refractivity contribution in [2.24, 2.45) is 0 Å². The first-order valence-corrected chi connectivity index (χ1v) is 7.22. The standard InChI is InChI=1S/C12H20ClN5O3/c1-16(2)9(19)6-18-4-3-17(7-10(18)20)8-5-14-15-12(21)11(8)13/h8,11,14H,3-7H2,1-2H3,(H,15,21). The summed E-state index contributed by atoms with van der Waals surface area (Å²) in [7, 11) is 3.32. The molecule has 3 amide bonds. The van der Waals surface area contributed by atoms with Gasteiger partial charge in [-0.25, -0.2) is 5.43 Å². The first kappa shape index (κ1) is 16.0. The zero-order valence-electron chi connectivity index (χ0n) is 12.1. The number of hydrogen-bond donors (Lipinski definition) is 2. The largest absolute Gasteiger partial charge is 0.347 e. The van der Waals surface area contributed by atoms with E-state index < -0.39 is 5.38 Å². The van der Waals surface area contributed by atoms with Crippen LogP contribution in [0.2, 0.25) is 0 Å². The van der Waals surface area contributed by atoms with Gasteiger partial charge in [0.2, 0.25) is 11.8 Å². The molecule has 0 spiro atoms. The Kier molecular flexibility index (Phi) is 5.02. The summed E-state index contributed by atoms with van der Waals surface area (Å²) in [4.78, 5) is 40.2. The molecule has 2 atom stereocenters. The van der Waals surface area contributed by atoms with Crippen LogP contribution in [0.5, 0.6) is 0 Å². The molecule has 2 heterocycles. The number of carbonyl (C=O) groups excluding carboxylic acids is 3. The number of hydrazine groups is 1. The van der Waals surface area contributed by atoms with Crippen molar-refractivity contribution in [3.05, 3.63) is 0 Å². The number of nitrogens with one attached hydrogen (secondary N) is 2. The van der Waals surface area contributed by atoms with Gasteiger partial charge in [0.25, 0.3) is 5.91 Å². The van der Waals surface area contributed by atoms with Gasteiger partial charge in [-0.15, -0.1) is 11.6 Å². The Balaban J connectivity index is 1.93. The number of nitrogens with zero attached hydrogens (tertiary/aromatic N) is 3. The van der Waals surface area contributed by atoms with Crippen LogP contribution in [0.25, 0.3) is 0 Å². The Morgan fingerprint density at radius 3 is 2.71 bits per heavy atom. The second-order valence-electron chi connectivity index (χ2n) is 5.41. The van der Waals surface area contributed by atoms with Gasteiger partial charge < -0.3 is 9.80 Å². The Labute approximate surface area is 128 Å². The first-order chi connectivity index (χ1) is 9.90. The van der Waals surface area contributed by atoms with Crippen LogP contribution in [0.15, 0.2) is 0 Å². The Morgan fingerprint density at radius 2 is 2.10 bits per heavy atom. The molecule has 2 rings (SSSR count). The first-order valence-electron chi connectivity index (χ1n) is 6.79. The summed E-state index contributed by atoms with van der Waals surface area (Å²) >= 11 is 6.10. The molecule has 2 unspecified atom stereocenters. The highest BCUT2D eigenvalue weighted by Gasteiger charge is 2.38. The van der Waals surface area contributed by atoms with Gasteiger partial charge in [-0.05, 0) is 0 Å². The lowest BCUT2D eigenvalue weighted by Crippen LogP contribution is -2.65. The average Bonchev–Trinajstić information content (AvgIpc) is 2.44. The lowest BCUT2D eigenvalue weighted by atomic mass is 10.1. The normalized spacial score (nSPS) is 27.5. The molecule has 0 aromatic carbocycles. The van der Waals surface area contributed by atoms with E-state index >= 15 is 0 Å². The second kappa shape index (κ2) is 6.59. The molecule has 0 saturated carbocycles. The summed E-state index contributed by atoms with van der Waals surface area (Å²) in [6.45, 7) is 1.80. The highest BCUT2D eigenvalue weighted by atomic mass is 35.5. The van der Waals surface area contributed by atoms with E-state index in [0.29, 0.717) is 19.6 Å². The van der Waals surface area contributed by atoms with Gasteiger partial charge in [0.15, 0.2) is 0 Å². The smallest absolute Gasteiger partial charge is 0.253 e. The molecule has 21 heavy (non-hydrogen) atoms. The van der Waals surface area contributed by atoms with Crippen LogP contribution in [0.4, 0.5) is 0 Å². The lowest BCUT2D eigenvalue weighted by molar-refractivity contribution is -0.144. The van der Waals surface area contributed by atoms with Gasteiger partial charge in [0.05, 0.1) is 13.1 Å². The third kappa shape index (κ3) is 3.63. The highest BCUT2D eigenvalue weighted by Crippen LogP contribution is 2.16. The van der Waals surface area contributed by atoms with E-state index in [1.54, 1.807) is 19.0 Å². The van der Waals surface area contributed by atoms with Gasteiger partial charge in [0, 0.05) is 39.8 Å². The van der Waals surface area contributed by atoms with Crippen molar-refractivity contribution in [2.75, 3.05) is 46.8 Å². The Hall–Kier alpha value is -1.38. The third-order valence-electron chi connectivity index (χ3n) is 3.75. The summed E-state index contributed by atoms with van der Waals surface area (Å²) in [5, 5.41) is -0.686. The molecule has 8 nitrogen and oxygen atoms in total. The predicted octanol–water partition coefficient (Wildman–Crippen LogP) is -2.17. The zero-order valence-corrected chi connectivity index (χ0v) is 12.9. The maximum Gasteiger partial charge on any atom is 0.253 e. The van der Waals surface area contributed by atoms with Gasteiger partial charge in [-0.1, -0.05) is 0 Å². The molecule has 2 fully saturated rings. The molecule has 118 valence electrons. The monoisotopic (exact) mass is 317 g/mol. The maximum atomic E-state index is 12.1. The van der Waals surface area contributed by atoms with E-state index in [1.165, 1.54) is 4.90 Å². The molecule has 9 heteroatoms. The summed E-state index contributed by atoms with van der Waals surface area (Å²) in [5.41, 5.74) is 5.24. The van der Waals surface area contributed by atoms with Crippen LogP contribution >= 0.6 is 11.6 Å². The average molecular weight is 318 g/mol. The van der Waals surface area contributed by atoms with Crippen molar-refractivity contribution < 1.29 is 14.4 Å². The van der Waals surface area contributed by atoms with Gasteiger partial charge in [0.1, 0.15) is 5.38 Å². The van der Waals surface area contributed by atoms with Crippen molar-refractivity contribution in [3.63, 3.8) is 0 Å². The molecule has 2 aliphatic heterocycles. The van der Waals surface area contributed by atoms with Crippen LogP contribution in [-0.4, -0.2) is 90.7 Å². The minimum absolute atomic E-state index is 0.0907. The quantitative estimate of drug-likeness (QED) is 0.579. The Bertz CT molecular complexity index is 445. The SMILES string of the molecule is CN(C)C(=O)CN1CCN(C2CNNC(=O)C2Cl)CC1=O. The van der Waals surface area contributed by atoms with E-state index in [1.807, 2.05) is 4.90 Å². The summed E-state index contributed by atoms with van der Waals surface area (Å²) in [5.74, 6) is -0.511. The summed E-state index contributed by atoms with van der Waals surface area (Å²) < 4.78 is 0. The van der Waals surface area contributed by atoms with Crippen molar-refractivity contribution in [3.8, 4) is 0 Å². The summed E-state index contributed by atoms with van der Waals surface area (Å²) in [6.07, 6.45) is 0. The number of halogens is 1. The number of amides is 3. The van der Waals surface area contributed by atoms with Crippen LogP contribution in [0.1, 0.15) is 0 Å². The van der Waals surface area contributed by atoms with Crippen molar-refractivity contribution >= 4 is 29.3 Å². The molecule has 0 aromatic rings. The van der Waals surface area contributed by atoms with Crippen LogP contribution < -0.4 is 10.9 Å². The molecule has 0 radical (unpaired) electrons. The molecule has 2 aliphatic rings. The van der Waals surface area contributed by atoms with Gasteiger partial charge in [-0.2, -0.15) is 0 Å². The second-order valence-corrected chi connectivity index (χ2v) is 5.88. The number of rotatable bonds is 3. The maximum absolute atomic E-state index is 12.1. The Morgan fingerprint density at radius 1 is 1.38 bits per heavy atom. The minimum Gasteiger partial charge on any atom is -0.347 e. The topological polar surface area (TPSA) is 85.0 Å². The van der Waals surface area contributed by atoms with E-state index in [9.17, 15) is 14.4 Å². The summed E-state index contributed by atoms with van der Waals surface area (Å²) in [6, 6.07) is -0.226. The molecule has 2 N–H and O–H groups in total. The fourth-order valence-electron chi connectivity index (χ4n) is 2.39. The van der Waals surface area contributed by atoms with Crippen molar-refractivity contribution in [1.82, 2.24) is 25.6 Å². The fraction of sp³-hybridized carbons (Fsp3) is 0.750. The number of alkyl halides is 1. The zero-order chi connectivity index (χ0) is 15.6. The number of hydrogen-bond acceptors (Lipinski definition) is 5. The molecule has 0 aliphatic carbocycles. The van der Waals surface area contributed by atoms with E-state index in [2.05, 4.69) is 10.9 Å². The van der Waals surface area contributed by atoms with Crippen LogP contribution in [0, 0.1) is 0 Å². The third-order valence-corrected chi connectivity index (χ3v) is 4.24. The highest BCUT2D eigenvalue weighted by molar-refractivity contribution is 6.31. The number of piperazine rings is 1. The van der Waals surface area contributed by atoms with Crippen LogP contribution in [0.3, 0.4) is 0 Å². The van der Waals surface area contributed by atoms with Crippen LogP contribution in [-0.2, 0) is 14.4 Å². The molecule has 2 saturated heterocycles. The number of likely N-dealkylation sites (N-methyl/N-ethyl adjacent to an activating group) is 1. The predicted molar refractivity (Wildman–Crippen MR) is 76.4 cm³/mol. The molecular formula is C12H20ClN5O3. The minimum atomic E-state index is -0.686. The van der Waals surface area contributed by atoms with Gasteiger partial charge >= 0.3 is 0 Å². The van der Waals surface area contributed by atoms with Crippen molar-refractivity contribution in [1.29, 1.82) is 0 Å². The van der Waals surface area contributed by atoms with E-state index in [0.717, 1.165) is 0 Å². The molecule has 0 aromatic heterocycles. The molecule has 0 bridgehead atoms. The molecular weight excluding hydrogens is 298 g/mol. The van der Waals surface area contributed by atoms with Crippen molar-refractivity contribution in [2.45, 2.75) is 11.4 Å². The lowest BCUT2D eigenvalue weighted by Gasteiger charge is -2.41.